The Hall–Kier alpha value is -2.71. The van der Waals surface area contributed by atoms with E-state index in [1.807, 2.05) is 19.3 Å². The fourth-order valence-electron chi connectivity index (χ4n) is 2.41. The van der Waals surface area contributed by atoms with Gasteiger partial charge in [-0.3, -0.25) is 9.67 Å². The zero-order valence-corrected chi connectivity index (χ0v) is 14.7. The SMILES string of the molecule is COc1cccc(S(=O)(=O)NCc2cccnc2-c2cnn(C)c2)c1. The van der Waals surface area contributed by atoms with Gasteiger partial charge < -0.3 is 4.74 Å². The molecule has 1 N–H and O–H groups in total. The maximum Gasteiger partial charge on any atom is 0.241 e. The van der Waals surface area contributed by atoms with Crippen molar-refractivity contribution >= 4 is 10.0 Å². The molecule has 0 aliphatic rings. The number of nitrogens with zero attached hydrogens (tertiary/aromatic N) is 3. The highest BCUT2D eigenvalue weighted by molar-refractivity contribution is 7.89. The Morgan fingerprint density at radius 3 is 2.80 bits per heavy atom. The number of aryl methyl sites for hydroxylation is 1. The van der Waals surface area contributed by atoms with E-state index in [0.29, 0.717) is 11.4 Å². The molecule has 1 aromatic carbocycles. The van der Waals surface area contributed by atoms with Crippen molar-refractivity contribution < 1.29 is 13.2 Å². The van der Waals surface area contributed by atoms with Crippen molar-refractivity contribution in [3.05, 3.63) is 60.6 Å². The smallest absolute Gasteiger partial charge is 0.241 e. The molecule has 0 fully saturated rings. The molecule has 0 aliphatic heterocycles. The molecule has 3 rings (SSSR count). The Morgan fingerprint density at radius 1 is 1.24 bits per heavy atom. The average Bonchev–Trinajstić information content (AvgIpc) is 3.06. The van der Waals surface area contributed by atoms with E-state index >= 15 is 0 Å². The van der Waals surface area contributed by atoms with Crippen molar-refractivity contribution in [2.45, 2.75) is 11.4 Å². The van der Waals surface area contributed by atoms with Gasteiger partial charge in [-0.25, -0.2) is 13.1 Å². The van der Waals surface area contributed by atoms with Gasteiger partial charge in [0.2, 0.25) is 10.0 Å². The van der Waals surface area contributed by atoms with Crippen LogP contribution >= 0.6 is 0 Å². The molecule has 0 aliphatic carbocycles. The van der Waals surface area contributed by atoms with E-state index in [4.69, 9.17) is 4.74 Å². The molecular weight excluding hydrogens is 340 g/mol. The van der Waals surface area contributed by atoms with Crippen LogP contribution in [0.4, 0.5) is 0 Å². The summed E-state index contributed by atoms with van der Waals surface area (Å²) in [5.41, 5.74) is 2.30. The van der Waals surface area contributed by atoms with E-state index in [2.05, 4.69) is 14.8 Å². The van der Waals surface area contributed by atoms with Crippen molar-refractivity contribution in [3.8, 4) is 17.0 Å². The lowest BCUT2D eigenvalue weighted by molar-refractivity contribution is 0.413. The summed E-state index contributed by atoms with van der Waals surface area (Å²) < 4.78 is 34.4. The number of nitrogens with one attached hydrogen (secondary N) is 1. The van der Waals surface area contributed by atoms with Crippen molar-refractivity contribution in [1.82, 2.24) is 19.5 Å². The minimum Gasteiger partial charge on any atom is -0.497 e. The number of hydrogen-bond acceptors (Lipinski definition) is 5. The zero-order valence-electron chi connectivity index (χ0n) is 13.9. The van der Waals surface area contributed by atoms with Crippen LogP contribution in [0.1, 0.15) is 5.56 Å². The monoisotopic (exact) mass is 358 g/mol. The molecule has 3 aromatic rings. The van der Waals surface area contributed by atoms with Gasteiger partial charge in [0.1, 0.15) is 5.75 Å². The zero-order chi connectivity index (χ0) is 17.9. The van der Waals surface area contributed by atoms with Gasteiger partial charge in [-0.05, 0) is 23.8 Å². The normalized spacial score (nSPS) is 11.4. The maximum absolute atomic E-state index is 12.5. The molecule has 7 nitrogen and oxygen atoms in total. The summed E-state index contributed by atoms with van der Waals surface area (Å²) in [5, 5.41) is 4.13. The molecule has 25 heavy (non-hydrogen) atoms. The summed E-state index contributed by atoms with van der Waals surface area (Å²) in [6.07, 6.45) is 5.20. The average molecular weight is 358 g/mol. The van der Waals surface area contributed by atoms with Crippen LogP contribution in [0, 0.1) is 0 Å². The van der Waals surface area contributed by atoms with E-state index in [-0.39, 0.29) is 11.4 Å². The summed E-state index contributed by atoms with van der Waals surface area (Å²) in [5.74, 6) is 0.486. The molecule has 0 radical (unpaired) electrons. The molecule has 0 spiro atoms. The van der Waals surface area contributed by atoms with Gasteiger partial charge >= 0.3 is 0 Å². The van der Waals surface area contributed by atoms with Gasteiger partial charge in [0.05, 0.1) is 23.9 Å². The van der Waals surface area contributed by atoms with Crippen LogP contribution in [-0.2, 0) is 23.6 Å². The lowest BCUT2D eigenvalue weighted by atomic mass is 10.1. The highest BCUT2D eigenvalue weighted by atomic mass is 32.2. The molecule has 0 saturated heterocycles. The highest BCUT2D eigenvalue weighted by Gasteiger charge is 2.16. The predicted octanol–water partition coefficient (Wildman–Crippen LogP) is 1.97. The van der Waals surface area contributed by atoms with Crippen LogP contribution in [-0.4, -0.2) is 30.3 Å². The standard InChI is InChI=1S/C17H18N4O3S/c1-21-12-14(10-19-21)17-13(5-4-8-18-17)11-20-25(22,23)16-7-3-6-15(9-16)24-2/h3-10,12,20H,11H2,1-2H3. The molecule has 8 heteroatoms. The molecule has 0 atom stereocenters. The number of methoxy groups -OCH3 is 1. The Labute approximate surface area is 146 Å². The summed E-state index contributed by atoms with van der Waals surface area (Å²) in [6, 6.07) is 9.95. The number of rotatable bonds is 6. The first-order valence-electron chi connectivity index (χ1n) is 7.56. The van der Waals surface area contributed by atoms with Crippen molar-refractivity contribution in [1.29, 1.82) is 0 Å². The number of aromatic nitrogens is 3. The fraction of sp³-hybridized carbons (Fsp3) is 0.176. The highest BCUT2D eigenvalue weighted by Crippen LogP contribution is 2.21. The third-order valence-electron chi connectivity index (χ3n) is 3.67. The Balaban J connectivity index is 1.84. The van der Waals surface area contributed by atoms with Gasteiger partial charge in [0, 0.05) is 37.6 Å². The summed E-state index contributed by atoms with van der Waals surface area (Å²) >= 11 is 0. The van der Waals surface area contributed by atoms with E-state index in [9.17, 15) is 8.42 Å². The summed E-state index contributed by atoms with van der Waals surface area (Å²) in [7, 11) is -0.351. The van der Waals surface area contributed by atoms with Gasteiger partial charge in [0.15, 0.2) is 0 Å². The third-order valence-corrected chi connectivity index (χ3v) is 5.07. The largest absolute Gasteiger partial charge is 0.497 e. The minimum absolute atomic E-state index is 0.123. The van der Waals surface area contributed by atoms with Gasteiger partial charge in [0.25, 0.3) is 0 Å². The Bertz CT molecular complexity index is 983. The van der Waals surface area contributed by atoms with Gasteiger partial charge in [-0.2, -0.15) is 5.10 Å². The molecule has 130 valence electrons. The Morgan fingerprint density at radius 2 is 2.08 bits per heavy atom. The number of benzene rings is 1. The summed E-state index contributed by atoms with van der Waals surface area (Å²) in [4.78, 5) is 4.51. The van der Waals surface area contributed by atoms with Crippen molar-refractivity contribution in [2.24, 2.45) is 7.05 Å². The molecule has 0 amide bonds. The molecular formula is C17H18N4O3S. The molecule has 2 aromatic heterocycles. The second-order valence-electron chi connectivity index (χ2n) is 5.42. The third kappa shape index (κ3) is 3.86. The lowest BCUT2D eigenvalue weighted by Crippen LogP contribution is -2.23. The quantitative estimate of drug-likeness (QED) is 0.728. The van der Waals surface area contributed by atoms with E-state index in [1.165, 1.54) is 19.2 Å². The van der Waals surface area contributed by atoms with Crippen LogP contribution < -0.4 is 9.46 Å². The first-order valence-corrected chi connectivity index (χ1v) is 9.04. The molecule has 0 unspecified atom stereocenters. The first kappa shape index (κ1) is 17.1. The van der Waals surface area contributed by atoms with Gasteiger partial charge in [-0.1, -0.05) is 12.1 Å². The molecule has 0 saturated carbocycles. The van der Waals surface area contributed by atoms with Crippen molar-refractivity contribution in [2.75, 3.05) is 7.11 Å². The van der Waals surface area contributed by atoms with Gasteiger partial charge in [-0.15, -0.1) is 0 Å². The number of pyridine rings is 1. The van der Waals surface area contributed by atoms with E-state index in [0.717, 1.165) is 11.1 Å². The Kier molecular flexibility index (Phi) is 4.82. The number of ether oxygens (including phenoxy) is 1. The van der Waals surface area contributed by atoms with Crippen LogP contribution in [0.5, 0.6) is 5.75 Å². The topological polar surface area (TPSA) is 86.1 Å². The second kappa shape index (κ2) is 7.04. The van der Waals surface area contributed by atoms with E-state index in [1.54, 1.807) is 35.3 Å². The van der Waals surface area contributed by atoms with E-state index < -0.39 is 10.0 Å². The minimum atomic E-state index is -3.66. The van der Waals surface area contributed by atoms with Crippen LogP contribution in [0.3, 0.4) is 0 Å². The first-order chi connectivity index (χ1) is 12.0. The van der Waals surface area contributed by atoms with Crippen LogP contribution in [0.25, 0.3) is 11.3 Å². The maximum atomic E-state index is 12.5. The van der Waals surface area contributed by atoms with Crippen LogP contribution in [0.15, 0.2) is 59.9 Å². The van der Waals surface area contributed by atoms with Crippen molar-refractivity contribution in [3.63, 3.8) is 0 Å². The molecule has 0 bridgehead atoms. The predicted molar refractivity (Wildman–Crippen MR) is 93.5 cm³/mol. The molecule has 2 heterocycles. The lowest BCUT2D eigenvalue weighted by Gasteiger charge is -2.10. The number of hydrogen-bond donors (Lipinski definition) is 1. The number of sulfonamides is 1. The fourth-order valence-corrected chi connectivity index (χ4v) is 3.45. The summed E-state index contributed by atoms with van der Waals surface area (Å²) in [6.45, 7) is 0.123. The van der Waals surface area contributed by atoms with Crippen LogP contribution in [0.2, 0.25) is 0 Å². The second-order valence-corrected chi connectivity index (χ2v) is 7.18.